The number of aryl methyl sites for hydroxylation is 2. The summed E-state index contributed by atoms with van der Waals surface area (Å²) < 4.78 is 28.3. The largest absolute Gasteiger partial charge is 0.481 e. The summed E-state index contributed by atoms with van der Waals surface area (Å²) in [5.74, 6) is -0.368. The number of methoxy groups -OCH3 is 2. The van der Waals surface area contributed by atoms with Gasteiger partial charge in [0.05, 0.1) is 29.4 Å². The molecule has 0 spiro atoms. The third-order valence-corrected chi connectivity index (χ3v) is 14.6. The quantitative estimate of drug-likeness (QED) is 0.0722. The molecule has 4 unspecified atom stereocenters. The maximum Gasteiger partial charge on any atom is 0.328 e. The van der Waals surface area contributed by atoms with E-state index in [2.05, 4.69) is 73.7 Å². The Balaban J connectivity index is 0.805. The minimum Gasteiger partial charge on any atom is -0.481 e. The number of β-amino-alcohol motifs (C(OH)–C–C–N with tert-alkyl or cyclic N) is 1. The normalized spacial score (nSPS) is 18.4. The van der Waals surface area contributed by atoms with Gasteiger partial charge in [-0.3, -0.25) is 4.79 Å². The van der Waals surface area contributed by atoms with E-state index in [0.717, 1.165) is 44.5 Å². The molecule has 17 nitrogen and oxygen atoms in total. The van der Waals surface area contributed by atoms with Gasteiger partial charge in [0.1, 0.15) is 29.7 Å². The second-order valence-electron chi connectivity index (χ2n) is 18.9. The Morgan fingerprint density at radius 1 is 0.747 bits per heavy atom. The minimum atomic E-state index is -1.53. The highest BCUT2D eigenvalue weighted by Crippen LogP contribution is 2.43. The van der Waals surface area contributed by atoms with Crippen molar-refractivity contribution >= 4 is 46.8 Å². The molecule has 1 saturated heterocycles. The van der Waals surface area contributed by atoms with Crippen molar-refractivity contribution in [1.29, 1.82) is 0 Å². The number of esters is 1. The Hall–Kier alpha value is -7.54. The predicted molar refractivity (Wildman–Crippen MR) is 282 cm³/mol. The van der Waals surface area contributed by atoms with Gasteiger partial charge in [-0.15, -0.1) is 0 Å². The number of benzene rings is 4. The number of aliphatic hydroxyl groups excluding tert-OH is 1. The van der Waals surface area contributed by atoms with Crippen LogP contribution in [0.1, 0.15) is 47.9 Å². The van der Waals surface area contributed by atoms with Crippen LogP contribution in [-0.4, -0.2) is 98.0 Å². The van der Waals surface area contributed by atoms with Crippen LogP contribution in [0.5, 0.6) is 0 Å². The number of carbonyl (C=O) groups is 2. The summed E-state index contributed by atoms with van der Waals surface area (Å²) in [6, 6.07) is 29.6. The van der Waals surface area contributed by atoms with Crippen LogP contribution in [0.3, 0.4) is 0 Å². The van der Waals surface area contributed by atoms with Crippen molar-refractivity contribution < 1.29 is 43.1 Å². The van der Waals surface area contributed by atoms with E-state index in [9.17, 15) is 19.8 Å². The van der Waals surface area contributed by atoms with E-state index >= 15 is 0 Å². The number of pyridine rings is 2. The number of halogens is 2. The Bertz CT molecular complexity index is 3420. The number of nitrogens with one attached hydrogen (secondary N) is 1. The molecule has 0 amide bonds. The van der Waals surface area contributed by atoms with E-state index in [1.54, 1.807) is 31.3 Å². The molecule has 3 N–H and O–H groups in total. The third kappa shape index (κ3) is 10.3. The topological polar surface area (TPSA) is 221 Å². The van der Waals surface area contributed by atoms with Crippen LogP contribution in [0.2, 0.25) is 10.0 Å². The molecule has 19 heteroatoms. The zero-order chi connectivity index (χ0) is 52.4. The summed E-state index contributed by atoms with van der Waals surface area (Å²) in [6.45, 7) is 4.44. The van der Waals surface area contributed by atoms with Crippen molar-refractivity contribution in [2.45, 2.75) is 70.9 Å². The first-order valence-corrected chi connectivity index (χ1v) is 25.1. The number of rotatable bonds is 17. The van der Waals surface area contributed by atoms with Crippen LogP contribution >= 0.6 is 23.2 Å². The van der Waals surface area contributed by atoms with E-state index in [0.29, 0.717) is 54.2 Å². The van der Waals surface area contributed by atoms with Gasteiger partial charge in [0.2, 0.25) is 11.6 Å². The lowest BCUT2D eigenvalue weighted by atomic mass is 9.83. The molecule has 8 aromatic rings. The van der Waals surface area contributed by atoms with Gasteiger partial charge < -0.3 is 43.7 Å². The Morgan fingerprint density at radius 2 is 1.31 bits per heavy atom. The van der Waals surface area contributed by atoms with Crippen LogP contribution in [0.4, 0.5) is 11.6 Å². The lowest BCUT2D eigenvalue weighted by Crippen LogP contribution is -2.48. The van der Waals surface area contributed by atoms with Crippen molar-refractivity contribution in [3.05, 3.63) is 142 Å². The summed E-state index contributed by atoms with van der Waals surface area (Å²) >= 11 is 13.7. The number of carboxylic acid groups (broad SMARTS) is 1. The van der Waals surface area contributed by atoms with E-state index in [1.807, 2.05) is 60.7 Å². The molecular formula is C56H52Cl2N8O9. The number of ether oxygens (including phenoxy) is 3. The summed E-state index contributed by atoms with van der Waals surface area (Å²) in [5, 5.41) is 33.6. The maximum atomic E-state index is 14.0. The van der Waals surface area contributed by atoms with E-state index in [1.165, 1.54) is 12.4 Å². The van der Waals surface area contributed by atoms with Gasteiger partial charge in [-0.05, 0) is 108 Å². The zero-order valence-electron chi connectivity index (χ0n) is 41.4. The van der Waals surface area contributed by atoms with Crippen LogP contribution in [0.25, 0.3) is 67.9 Å². The minimum absolute atomic E-state index is 0.00506. The molecule has 4 aromatic heterocycles. The molecule has 2 aliphatic rings. The number of aliphatic carboxylic acids is 1. The Labute approximate surface area is 441 Å². The number of hydrogen-bond acceptors (Lipinski definition) is 16. The van der Waals surface area contributed by atoms with Gasteiger partial charge in [0.15, 0.2) is 0 Å². The molecule has 1 saturated carbocycles. The van der Waals surface area contributed by atoms with E-state index in [4.69, 9.17) is 46.5 Å². The van der Waals surface area contributed by atoms with Crippen LogP contribution in [0, 0.1) is 19.3 Å². The average molecular weight is 1050 g/mol. The van der Waals surface area contributed by atoms with Crippen LogP contribution < -0.4 is 10.2 Å². The van der Waals surface area contributed by atoms with Gasteiger partial charge >= 0.3 is 11.9 Å². The average Bonchev–Trinajstić information content (AvgIpc) is 4.25. The molecule has 2 fully saturated rings. The van der Waals surface area contributed by atoms with Gasteiger partial charge in [-0.25, -0.2) is 14.8 Å². The molecule has 0 radical (unpaired) electrons. The van der Waals surface area contributed by atoms with Gasteiger partial charge in [-0.1, -0.05) is 101 Å². The molecule has 384 valence electrons. The molecule has 5 heterocycles. The highest BCUT2D eigenvalue weighted by molar-refractivity contribution is 6.33. The monoisotopic (exact) mass is 1050 g/mol. The van der Waals surface area contributed by atoms with Gasteiger partial charge in [-0.2, -0.15) is 9.97 Å². The van der Waals surface area contributed by atoms with Gasteiger partial charge in [0.25, 0.3) is 11.8 Å². The lowest BCUT2D eigenvalue weighted by Gasteiger charge is -2.33. The van der Waals surface area contributed by atoms with Gasteiger partial charge in [0, 0.05) is 67.9 Å². The summed E-state index contributed by atoms with van der Waals surface area (Å²) in [7, 11) is 3.29. The lowest BCUT2D eigenvalue weighted by molar-refractivity contribution is -0.160. The number of carboxylic acids is 1. The molecule has 0 bridgehead atoms. The highest BCUT2D eigenvalue weighted by Gasteiger charge is 2.52. The fourth-order valence-electron chi connectivity index (χ4n) is 10.1. The summed E-state index contributed by atoms with van der Waals surface area (Å²) in [5.41, 5.74) is 9.26. The first kappa shape index (κ1) is 51.0. The van der Waals surface area contributed by atoms with Crippen molar-refractivity contribution in [1.82, 2.24) is 30.2 Å². The number of nitrogens with zero attached hydrogens (tertiary/aromatic N) is 7. The second-order valence-corrected chi connectivity index (χ2v) is 19.7. The number of aliphatic hydroxyl groups is 1. The summed E-state index contributed by atoms with van der Waals surface area (Å²) in [6.07, 6.45) is 3.28. The fraction of sp³-hybridized carbons (Fsp3) is 0.286. The van der Waals surface area contributed by atoms with E-state index in [-0.39, 0.29) is 58.6 Å². The molecule has 75 heavy (non-hydrogen) atoms. The Kier molecular flexibility index (Phi) is 14.8. The molecule has 10 rings (SSSR count). The molecule has 1 aliphatic carbocycles. The smallest absolute Gasteiger partial charge is 0.328 e. The van der Waals surface area contributed by atoms with Crippen LogP contribution in [-0.2, 0) is 37.0 Å². The predicted octanol–water partition coefficient (Wildman–Crippen LogP) is 10.7. The highest BCUT2D eigenvalue weighted by atomic mass is 35.5. The first-order chi connectivity index (χ1) is 36.3. The molecule has 4 aromatic carbocycles. The van der Waals surface area contributed by atoms with Crippen molar-refractivity contribution in [3.63, 3.8) is 0 Å². The molecule has 1 aliphatic heterocycles. The molecular weight excluding hydrogens is 1000 g/mol. The zero-order valence-corrected chi connectivity index (χ0v) is 42.9. The maximum absolute atomic E-state index is 14.0. The Morgan fingerprint density at radius 3 is 1.84 bits per heavy atom. The number of carbonyl (C=O) groups excluding carboxylic acids is 1. The number of anilines is 2. The summed E-state index contributed by atoms with van der Waals surface area (Å²) in [4.78, 5) is 47.1. The van der Waals surface area contributed by atoms with Crippen LogP contribution in [0.15, 0.2) is 119 Å². The number of hydrogen-bond donors (Lipinski definition) is 3. The first-order valence-electron chi connectivity index (χ1n) is 24.3. The van der Waals surface area contributed by atoms with Crippen molar-refractivity contribution in [2.75, 3.05) is 37.6 Å². The molecule has 4 atom stereocenters. The second kappa shape index (κ2) is 21.7. The fourth-order valence-corrected chi connectivity index (χ4v) is 10.6. The van der Waals surface area contributed by atoms with E-state index < -0.39 is 42.1 Å². The standard InChI is InChI=1S/C56H52Cl2N8O9/c1-31-10-5-7-12-40(31)42-17-15-33(20-37(42)28-71-3)52-62-48(64-74-52)35-22-44(57)50(59-25-35)61-47-14-9-19-56(47,55(69)70)30-73-54(68)46-24-39(67)27-66(46)51-45(58)23-36(26-60-51)49-63-53(75-65-49)34-16-18-43(38(21-34)29-72-4)41-13-8-6-11-32(41)2/h5-8,10-13,15-18,20-23,25-26,39,46-47,67H,9,14,19,24,27-30H2,1-4H3,(H,59,61)(H,69,70). The third-order valence-electron chi connectivity index (χ3n) is 14.0. The SMILES string of the molecule is COCc1cc(-c2nc(-c3cnc(NC4CCCC4(COC(=O)C4CC(O)CN4c4ncc(-c5noc(-c6ccc(-c7ccccc7C)c(COC)c6)n5)cc4Cl)C(=O)O)c(Cl)c3)no2)ccc1-c1ccccc1C. The van der Waals surface area contributed by atoms with Crippen molar-refractivity contribution in [3.8, 4) is 67.9 Å². The number of aromatic nitrogens is 6. The van der Waals surface area contributed by atoms with Crippen molar-refractivity contribution in [2.24, 2.45) is 5.41 Å².